The summed E-state index contributed by atoms with van der Waals surface area (Å²) in [5.41, 5.74) is 5.82. The molecular formula is C20H22FN3O3. The number of nitrogens with zero attached hydrogens (tertiary/aromatic N) is 2. The third kappa shape index (κ3) is 4.05. The predicted molar refractivity (Wildman–Crippen MR) is 99.8 cm³/mol. The maximum Gasteiger partial charge on any atom is 0.248 e. The summed E-state index contributed by atoms with van der Waals surface area (Å²) in [5, 5.41) is 21.2. The van der Waals surface area contributed by atoms with Crippen LogP contribution in [0.5, 0.6) is 0 Å². The monoisotopic (exact) mass is 371 g/mol. The van der Waals surface area contributed by atoms with E-state index in [4.69, 9.17) is 5.73 Å². The molecule has 3 rings (SSSR count). The quantitative estimate of drug-likeness (QED) is 0.664. The van der Waals surface area contributed by atoms with Gasteiger partial charge in [-0.1, -0.05) is 18.2 Å². The maximum atomic E-state index is 13.0. The second-order valence-corrected chi connectivity index (χ2v) is 6.82. The van der Waals surface area contributed by atoms with Crippen LogP contribution in [0.15, 0.2) is 47.5 Å². The Hall–Kier alpha value is -2.61. The summed E-state index contributed by atoms with van der Waals surface area (Å²) in [6, 6.07) is 10.9. The van der Waals surface area contributed by atoms with E-state index in [1.165, 1.54) is 24.4 Å². The van der Waals surface area contributed by atoms with Gasteiger partial charge in [0.05, 0.1) is 0 Å². The van der Waals surface area contributed by atoms with Gasteiger partial charge in [0.25, 0.3) is 0 Å². The summed E-state index contributed by atoms with van der Waals surface area (Å²) >= 11 is 0. The molecule has 2 unspecified atom stereocenters. The highest BCUT2D eigenvalue weighted by atomic mass is 19.1. The number of benzene rings is 2. The number of nitrogens with two attached hydrogens (primary N) is 1. The lowest BCUT2D eigenvalue weighted by molar-refractivity contribution is -0.0603. The smallest absolute Gasteiger partial charge is 0.248 e. The third-order valence-corrected chi connectivity index (χ3v) is 4.72. The summed E-state index contributed by atoms with van der Waals surface area (Å²) in [4.78, 5) is 17.5. The third-order valence-electron chi connectivity index (χ3n) is 4.72. The molecule has 0 heterocycles. The lowest BCUT2D eigenvalue weighted by atomic mass is 10.0. The Balaban J connectivity index is 1.71. The fourth-order valence-electron chi connectivity index (χ4n) is 3.22. The van der Waals surface area contributed by atoms with Gasteiger partial charge in [0, 0.05) is 36.9 Å². The van der Waals surface area contributed by atoms with E-state index in [1.54, 1.807) is 24.3 Å². The van der Waals surface area contributed by atoms with Crippen LogP contribution in [-0.2, 0) is 18.7 Å². The fraction of sp³-hybridized carbons (Fsp3) is 0.300. The molecule has 0 aliphatic heterocycles. The number of hydrogen-bond acceptors (Lipinski definition) is 5. The molecule has 2 aromatic carbocycles. The fourth-order valence-corrected chi connectivity index (χ4v) is 3.22. The predicted octanol–water partition coefficient (Wildman–Crippen LogP) is 1.19. The van der Waals surface area contributed by atoms with E-state index in [0.717, 1.165) is 11.1 Å². The lowest BCUT2D eigenvalue weighted by Crippen LogP contribution is -2.34. The van der Waals surface area contributed by atoms with Crippen LogP contribution in [0.3, 0.4) is 0 Å². The molecule has 6 nitrogen and oxygen atoms in total. The van der Waals surface area contributed by atoms with E-state index >= 15 is 0 Å². The van der Waals surface area contributed by atoms with Crippen LogP contribution in [-0.4, -0.2) is 46.9 Å². The number of rotatable bonds is 6. The number of aliphatic hydroxyl groups excluding tert-OH is 1. The van der Waals surface area contributed by atoms with Crippen molar-refractivity contribution in [3.63, 3.8) is 0 Å². The van der Waals surface area contributed by atoms with E-state index in [1.807, 2.05) is 11.9 Å². The van der Waals surface area contributed by atoms with E-state index in [2.05, 4.69) is 4.99 Å². The van der Waals surface area contributed by atoms with Crippen LogP contribution < -0.4 is 5.73 Å². The molecule has 27 heavy (non-hydrogen) atoms. The van der Waals surface area contributed by atoms with Crippen molar-refractivity contribution >= 4 is 12.1 Å². The number of fused-ring (bicyclic) bond motifs is 1. The molecule has 142 valence electrons. The minimum atomic E-state index is -1.81. The van der Waals surface area contributed by atoms with Crippen molar-refractivity contribution < 1.29 is 19.4 Å². The zero-order valence-corrected chi connectivity index (χ0v) is 15.0. The highest BCUT2D eigenvalue weighted by Crippen LogP contribution is 2.38. The van der Waals surface area contributed by atoms with Crippen LogP contribution in [0.2, 0.25) is 0 Å². The first kappa shape index (κ1) is 19.2. The molecule has 0 spiro atoms. The average molecular weight is 371 g/mol. The molecular weight excluding hydrogens is 349 g/mol. The standard InChI is InChI=1S/C20H22FN3O3/c1-24(12-13-2-6-16(21)7-3-13)9-8-23-20(27)17-10-15(19(22)26)5-4-14(17)11-18(20)25/h2-8,10,18,25,27H,9,11-12H2,1H3,(H2,22,26). The highest BCUT2D eigenvalue weighted by Gasteiger charge is 2.44. The molecule has 0 fully saturated rings. The number of amides is 1. The Kier molecular flexibility index (Phi) is 5.36. The Morgan fingerprint density at radius 3 is 2.74 bits per heavy atom. The van der Waals surface area contributed by atoms with Gasteiger partial charge in [-0.2, -0.15) is 0 Å². The van der Waals surface area contributed by atoms with Crippen LogP contribution in [0.4, 0.5) is 4.39 Å². The Labute approximate surface area is 156 Å². The molecule has 1 aliphatic carbocycles. The Morgan fingerprint density at radius 2 is 2.07 bits per heavy atom. The molecule has 0 bridgehead atoms. The van der Waals surface area contributed by atoms with Gasteiger partial charge in [0.15, 0.2) is 0 Å². The van der Waals surface area contributed by atoms with Gasteiger partial charge in [0.1, 0.15) is 11.9 Å². The minimum absolute atomic E-state index is 0.244. The molecule has 2 aromatic rings. The van der Waals surface area contributed by atoms with E-state index in [9.17, 15) is 19.4 Å². The first-order valence-corrected chi connectivity index (χ1v) is 8.60. The normalized spacial score (nSPS) is 21.7. The molecule has 7 heteroatoms. The van der Waals surface area contributed by atoms with Crippen molar-refractivity contribution in [1.82, 2.24) is 4.90 Å². The van der Waals surface area contributed by atoms with E-state index < -0.39 is 17.7 Å². The summed E-state index contributed by atoms with van der Waals surface area (Å²) in [7, 11) is 1.86. The molecule has 0 radical (unpaired) electrons. The molecule has 2 atom stereocenters. The van der Waals surface area contributed by atoms with Crippen LogP contribution in [0.25, 0.3) is 0 Å². The van der Waals surface area contributed by atoms with Gasteiger partial charge in [-0.25, -0.2) is 4.39 Å². The SMILES string of the molecule is CN(CC=NC1(O)c2cc(C(N)=O)ccc2CC1O)Cc1ccc(F)cc1. The second kappa shape index (κ2) is 7.56. The number of carbonyl (C=O) groups excluding carboxylic acids is 1. The van der Waals surface area contributed by atoms with Gasteiger partial charge >= 0.3 is 0 Å². The van der Waals surface area contributed by atoms with Crippen molar-refractivity contribution in [2.24, 2.45) is 10.7 Å². The topological polar surface area (TPSA) is 99.1 Å². The van der Waals surface area contributed by atoms with Crippen LogP contribution in [0.1, 0.15) is 27.0 Å². The van der Waals surface area contributed by atoms with E-state index in [0.29, 0.717) is 18.7 Å². The number of halogens is 1. The van der Waals surface area contributed by atoms with Crippen molar-refractivity contribution in [2.45, 2.75) is 24.8 Å². The van der Waals surface area contributed by atoms with Gasteiger partial charge < -0.3 is 15.9 Å². The van der Waals surface area contributed by atoms with Gasteiger partial charge in [0.2, 0.25) is 11.6 Å². The number of aliphatic imine (C=N–C) groups is 1. The van der Waals surface area contributed by atoms with Gasteiger partial charge in [-0.15, -0.1) is 0 Å². The van der Waals surface area contributed by atoms with Crippen molar-refractivity contribution in [2.75, 3.05) is 13.6 Å². The Morgan fingerprint density at radius 1 is 1.37 bits per heavy atom. The summed E-state index contributed by atoms with van der Waals surface area (Å²) in [5.74, 6) is -0.890. The number of carbonyl (C=O) groups is 1. The first-order chi connectivity index (χ1) is 12.8. The number of hydrogen-bond donors (Lipinski definition) is 3. The summed E-state index contributed by atoms with van der Waals surface area (Å²) in [6.07, 6.45) is 0.668. The summed E-state index contributed by atoms with van der Waals surface area (Å²) < 4.78 is 13.0. The molecule has 0 saturated carbocycles. The van der Waals surface area contributed by atoms with Crippen LogP contribution in [0, 0.1) is 5.82 Å². The van der Waals surface area contributed by atoms with E-state index in [-0.39, 0.29) is 17.8 Å². The number of primary amides is 1. The zero-order valence-electron chi connectivity index (χ0n) is 15.0. The molecule has 0 saturated heterocycles. The molecule has 1 amide bonds. The summed E-state index contributed by atoms with van der Waals surface area (Å²) in [6.45, 7) is 0.993. The highest BCUT2D eigenvalue weighted by molar-refractivity contribution is 5.93. The van der Waals surface area contributed by atoms with Gasteiger partial charge in [-0.3, -0.25) is 14.7 Å². The van der Waals surface area contributed by atoms with Crippen molar-refractivity contribution in [3.05, 3.63) is 70.5 Å². The van der Waals surface area contributed by atoms with Crippen LogP contribution >= 0.6 is 0 Å². The van der Waals surface area contributed by atoms with Crippen molar-refractivity contribution in [3.8, 4) is 0 Å². The van der Waals surface area contributed by atoms with Gasteiger partial charge in [-0.05, 0) is 42.4 Å². The maximum absolute atomic E-state index is 13.0. The second-order valence-electron chi connectivity index (χ2n) is 6.82. The largest absolute Gasteiger partial charge is 0.387 e. The zero-order chi connectivity index (χ0) is 19.6. The van der Waals surface area contributed by atoms with Crippen molar-refractivity contribution in [1.29, 1.82) is 0 Å². The molecule has 4 N–H and O–H groups in total. The average Bonchev–Trinajstić information content (AvgIpc) is 2.87. The first-order valence-electron chi connectivity index (χ1n) is 8.60. The number of aliphatic hydroxyl groups is 2. The molecule has 0 aromatic heterocycles. The minimum Gasteiger partial charge on any atom is -0.387 e. The molecule has 1 aliphatic rings. The lowest BCUT2D eigenvalue weighted by Gasteiger charge is -2.24. The Bertz CT molecular complexity index is 869.